The fraction of sp³-hybridized carbons (Fsp3) is 0.214. The van der Waals surface area contributed by atoms with E-state index in [1.165, 1.54) is 12.1 Å². The molecule has 0 amide bonds. The minimum Gasteiger partial charge on any atom is -0.271 e. The number of hydrogen-bond acceptors (Lipinski definition) is 3. The van der Waals surface area contributed by atoms with Crippen LogP contribution < -0.4 is 11.3 Å². The Morgan fingerprint density at radius 2 is 2.16 bits per heavy atom. The molecule has 0 aliphatic carbocycles. The van der Waals surface area contributed by atoms with Crippen molar-refractivity contribution in [3.63, 3.8) is 0 Å². The molecule has 0 saturated carbocycles. The van der Waals surface area contributed by atoms with Crippen LogP contribution >= 0.6 is 11.6 Å². The Bertz CT molecular complexity index is 574. The molecular weight excluding hydrogens is 265 g/mol. The fourth-order valence-corrected chi connectivity index (χ4v) is 2.17. The monoisotopic (exact) mass is 279 g/mol. The second-order valence-electron chi connectivity index (χ2n) is 4.39. The second kappa shape index (κ2) is 6.10. The molecule has 0 aliphatic rings. The van der Waals surface area contributed by atoms with Crippen LogP contribution in [0.2, 0.25) is 5.02 Å². The van der Waals surface area contributed by atoms with E-state index < -0.39 is 0 Å². The van der Waals surface area contributed by atoms with Crippen LogP contribution in [0, 0.1) is 12.7 Å². The van der Waals surface area contributed by atoms with Crippen molar-refractivity contribution >= 4 is 11.6 Å². The number of hydrazine groups is 1. The van der Waals surface area contributed by atoms with Gasteiger partial charge in [-0.3, -0.25) is 16.3 Å². The molecule has 0 radical (unpaired) electrons. The van der Waals surface area contributed by atoms with E-state index in [-0.39, 0.29) is 11.9 Å². The molecule has 0 spiro atoms. The standard InChI is InChI=1S/C14H15ClFN3/c1-9-6-10(4-5-18-9)14(19-17)8-11-7-12(16)2-3-13(11)15/h2-7,14,19H,8,17H2,1H3. The third-order valence-electron chi connectivity index (χ3n) is 2.96. The summed E-state index contributed by atoms with van der Waals surface area (Å²) in [7, 11) is 0. The second-order valence-corrected chi connectivity index (χ2v) is 4.80. The van der Waals surface area contributed by atoms with Crippen LogP contribution in [0.1, 0.15) is 22.9 Å². The fourth-order valence-electron chi connectivity index (χ4n) is 1.98. The molecule has 2 rings (SSSR count). The molecule has 1 aromatic carbocycles. The minimum absolute atomic E-state index is 0.138. The van der Waals surface area contributed by atoms with E-state index in [0.717, 1.165) is 16.8 Å². The molecule has 1 aromatic heterocycles. The number of aromatic nitrogens is 1. The number of pyridine rings is 1. The summed E-state index contributed by atoms with van der Waals surface area (Å²) in [6.45, 7) is 1.91. The number of rotatable bonds is 4. The van der Waals surface area contributed by atoms with Gasteiger partial charge in [0, 0.05) is 16.9 Å². The number of nitrogens with one attached hydrogen (secondary N) is 1. The van der Waals surface area contributed by atoms with Crippen molar-refractivity contribution in [1.82, 2.24) is 10.4 Å². The molecule has 5 heteroatoms. The number of nitrogens with zero attached hydrogens (tertiary/aromatic N) is 1. The Kier molecular flexibility index (Phi) is 4.47. The average Bonchev–Trinajstić information content (AvgIpc) is 2.39. The van der Waals surface area contributed by atoms with Crippen LogP contribution in [0.3, 0.4) is 0 Å². The highest BCUT2D eigenvalue weighted by atomic mass is 35.5. The maximum atomic E-state index is 13.2. The summed E-state index contributed by atoms with van der Waals surface area (Å²) in [6, 6.07) is 8.01. The van der Waals surface area contributed by atoms with Crippen LogP contribution in [0.5, 0.6) is 0 Å². The Morgan fingerprint density at radius 1 is 1.37 bits per heavy atom. The van der Waals surface area contributed by atoms with E-state index in [1.54, 1.807) is 12.3 Å². The summed E-state index contributed by atoms with van der Waals surface area (Å²) in [5.41, 5.74) is 5.35. The number of nitrogens with two attached hydrogens (primary N) is 1. The van der Waals surface area contributed by atoms with Crippen molar-refractivity contribution in [2.24, 2.45) is 5.84 Å². The molecule has 0 aliphatic heterocycles. The summed E-state index contributed by atoms with van der Waals surface area (Å²) in [6.07, 6.45) is 2.23. The Balaban J connectivity index is 2.26. The van der Waals surface area contributed by atoms with E-state index in [4.69, 9.17) is 17.4 Å². The van der Waals surface area contributed by atoms with Crippen molar-refractivity contribution in [2.45, 2.75) is 19.4 Å². The topological polar surface area (TPSA) is 50.9 Å². The average molecular weight is 280 g/mol. The third-order valence-corrected chi connectivity index (χ3v) is 3.32. The van der Waals surface area contributed by atoms with Gasteiger partial charge >= 0.3 is 0 Å². The summed E-state index contributed by atoms with van der Waals surface area (Å²) >= 11 is 6.07. The van der Waals surface area contributed by atoms with Gasteiger partial charge < -0.3 is 0 Å². The van der Waals surface area contributed by atoms with Crippen LogP contribution in [-0.4, -0.2) is 4.98 Å². The lowest BCUT2D eigenvalue weighted by atomic mass is 9.99. The molecule has 100 valence electrons. The van der Waals surface area contributed by atoms with Crippen molar-refractivity contribution in [2.75, 3.05) is 0 Å². The SMILES string of the molecule is Cc1cc(C(Cc2cc(F)ccc2Cl)NN)ccn1. The molecule has 0 saturated heterocycles. The third kappa shape index (κ3) is 3.50. The van der Waals surface area contributed by atoms with Gasteiger partial charge in [0.15, 0.2) is 0 Å². The quantitative estimate of drug-likeness (QED) is 0.668. The maximum absolute atomic E-state index is 13.2. The number of benzene rings is 1. The number of hydrogen-bond donors (Lipinski definition) is 2. The molecule has 19 heavy (non-hydrogen) atoms. The van der Waals surface area contributed by atoms with E-state index >= 15 is 0 Å². The van der Waals surface area contributed by atoms with E-state index in [9.17, 15) is 4.39 Å². The maximum Gasteiger partial charge on any atom is 0.123 e. The zero-order valence-corrected chi connectivity index (χ0v) is 11.3. The minimum atomic E-state index is -0.305. The molecule has 1 atom stereocenters. The highest BCUT2D eigenvalue weighted by Gasteiger charge is 2.13. The lowest BCUT2D eigenvalue weighted by molar-refractivity contribution is 0.547. The van der Waals surface area contributed by atoms with E-state index in [1.807, 2.05) is 19.1 Å². The molecule has 1 heterocycles. The first-order chi connectivity index (χ1) is 9.10. The molecule has 0 bridgehead atoms. The number of aryl methyl sites for hydroxylation is 1. The zero-order valence-electron chi connectivity index (χ0n) is 10.5. The van der Waals surface area contributed by atoms with Crippen molar-refractivity contribution in [3.8, 4) is 0 Å². The van der Waals surface area contributed by atoms with Gasteiger partial charge in [-0.1, -0.05) is 11.6 Å². The predicted octanol–water partition coefficient (Wildman–Crippen LogP) is 2.93. The van der Waals surface area contributed by atoms with Gasteiger partial charge in [0.25, 0.3) is 0 Å². The first-order valence-electron chi connectivity index (χ1n) is 5.92. The molecule has 1 unspecified atom stereocenters. The Morgan fingerprint density at radius 3 is 2.84 bits per heavy atom. The van der Waals surface area contributed by atoms with Crippen LogP contribution in [-0.2, 0) is 6.42 Å². The van der Waals surface area contributed by atoms with E-state index in [0.29, 0.717) is 11.4 Å². The summed E-state index contributed by atoms with van der Waals surface area (Å²) < 4.78 is 13.2. The highest BCUT2D eigenvalue weighted by molar-refractivity contribution is 6.31. The Labute approximate surface area is 116 Å². The largest absolute Gasteiger partial charge is 0.271 e. The van der Waals surface area contributed by atoms with E-state index in [2.05, 4.69) is 10.4 Å². The molecule has 3 N–H and O–H groups in total. The van der Waals surface area contributed by atoms with Gasteiger partial charge in [-0.15, -0.1) is 0 Å². The Hall–Kier alpha value is -1.49. The summed E-state index contributed by atoms with van der Waals surface area (Å²) in [5, 5.41) is 0.535. The normalized spacial score (nSPS) is 12.4. The van der Waals surface area contributed by atoms with Crippen molar-refractivity contribution in [3.05, 3.63) is 64.2 Å². The molecule has 2 aromatic rings. The highest BCUT2D eigenvalue weighted by Crippen LogP contribution is 2.24. The van der Waals surface area contributed by atoms with Crippen LogP contribution in [0.15, 0.2) is 36.5 Å². The van der Waals surface area contributed by atoms with Crippen LogP contribution in [0.4, 0.5) is 4.39 Å². The predicted molar refractivity (Wildman–Crippen MR) is 74.2 cm³/mol. The number of halogens is 2. The molecule has 3 nitrogen and oxygen atoms in total. The smallest absolute Gasteiger partial charge is 0.123 e. The van der Waals surface area contributed by atoms with Gasteiger partial charge in [0.2, 0.25) is 0 Å². The van der Waals surface area contributed by atoms with Gasteiger partial charge in [0.05, 0.1) is 6.04 Å². The first-order valence-corrected chi connectivity index (χ1v) is 6.30. The van der Waals surface area contributed by atoms with Gasteiger partial charge in [-0.05, 0) is 54.8 Å². The summed E-state index contributed by atoms with van der Waals surface area (Å²) in [5.74, 6) is 5.28. The summed E-state index contributed by atoms with van der Waals surface area (Å²) in [4.78, 5) is 4.14. The van der Waals surface area contributed by atoms with Gasteiger partial charge in [-0.2, -0.15) is 0 Å². The lowest BCUT2D eigenvalue weighted by Crippen LogP contribution is -2.29. The first kappa shape index (κ1) is 13.9. The lowest BCUT2D eigenvalue weighted by Gasteiger charge is -2.17. The van der Waals surface area contributed by atoms with Crippen molar-refractivity contribution < 1.29 is 4.39 Å². The van der Waals surface area contributed by atoms with Gasteiger partial charge in [-0.25, -0.2) is 4.39 Å². The molecule has 0 fully saturated rings. The van der Waals surface area contributed by atoms with Gasteiger partial charge in [0.1, 0.15) is 5.82 Å². The zero-order chi connectivity index (χ0) is 13.8. The molecular formula is C14H15ClFN3. The van der Waals surface area contributed by atoms with Crippen molar-refractivity contribution in [1.29, 1.82) is 0 Å². The van der Waals surface area contributed by atoms with Crippen LogP contribution in [0.25, 0.3) is 0 Å².